The number of carbonyl (C=O) groups is 3. The second kappa shape index (κ2) is 4.01. The van der Waals surface area contributed by atoms with E-state index >= 15 is 0 Å². The molecule has 0 spiro atoms. The van der Waals surface area contributed by atoms with Crippen molar-refractivity contribution in [3.8, 4) is 0 Å². The van der Waals surface area contributed by atoms with Crippen molar-refractivity contribution < 1.29 is 14.4 Å². The fraction of sp³-hybridized carbons (Fsp3) is 0.727. The maximum Gasteiger partial charge on any atom is 0.325 e. The van der Waals surface area contributed by atoms with Gasteiger partial charge in [-0.05, 0) is 26.2 Å². The van der Waals surface area contributed by atoms with Gasteiger partial charge in [-0.3, -0.25) is 14.5 Å². The van der Waals surface area contributed by atoms with Crippen LogP contribution in [0.2, 0.25) is 0 Å². The van der Waals surface area contributed by atoms with E-state index in [1.54, 1.807) is 6.92 Å². The summed E-state index contributed by atoms with van der Waals surface area (Å²) in [5.74, 6) is -0.590. The third kappa shape index (κ3) is 2.25. The van der Waals surface area contributed by atoms with Crippen molar-refractivity contribution >= 4 is 17.8 Å². The molecule has 4 amide bonds. The summed E-state index contributed by atoms with van der Waals surface area (Å²) in [5.41, 5.74) is -0.864. The van der Waals surface area contributed by atoms with Crippen LogP contribution in [-0.2, 0) is 9.59 Å². The topological polar surface area (TPSA) is 78.5 Å². The largest absolute Gasteiger partial charge is 0.352 e. The Hall–Kier alpha value is -1.59. The predicted molar refractivity (Wildman–Crippen MR) is 60.1 cm³/mol. The molecular formula is C11H17N3O3. The second-order valence-electron chi connectivity index (χ2n) is 4.85. The van der Waals surface area contributed by atoms with Crippen LogP contribution in [0.25, 0.3) is 0 Å². The highest BCUT2D eigenvalue weighted by molar-refractivity contribution is 6.08. The van der Waals surface area contributed by atoms with E-state index in [0.29, 0.717) is 6.42 Å². The van der Waals surface area contributed by atoms with E-state index in [4.69, 9.17) is 0 Å². The maximum atomic E-state index is 12.0. The number of rotatable bonds is 4. The molecule has 1 saturated heterocycles. The van der Waals surface area contributed by atoms with Gasteiger partial charge < -0.3 is 10.6 Å². The molecule has 1 unspecified atom stereocenters. The zero-order chi connectivity index (χ0) is 12.6. The Bertz CT molecular complexity index is 378. The average Bonchev–Trinajstić information content (AvgIpc) is 3.04. The molecule has 2 N–H and O–H groups in total. The molecule has 2 fully saturated rings. The Labute approximate surface area is 99.7 Å². The van der Waals surface area contributed by atoms with Crippen molar-refractivity contribution in [1.82, 2.24) is 15.5 Å². The molecule has 17 heavy (non-hydrogen) atoms. The van der Waals surface area contributed by atoms with E-state index < -0.39 is 11.6 Å². The number of amides is 4. The lowest BCUT2D eigenvalue weighted by Gasteiger charge is -2.19. The van der Waals surface area contributed by atoms with Crippen molar-refractivity contribution in [3.05, 3.63) is 0 Å². The van der Waals surface area contributed by atoms with Crippen LogP contribution in [0.15, 0.2) is 0 Å². The van der Waals surface area contributed by atoms with Gasteiger partial charge in [-0.2, -0.15) is 0 Å². The van der Waals surface area contributed by atoms with Gasteiger partial charge in [-0.15, -0.1) is 0 Å². The number of nitrogens with one attached hydrogen (secondary N) is 2. The third-order valence-corrected chi connectivity index (χ3v) is 3.30. The van der Waals surface area contributed by atoms with Crippen LogP contribution in [0.5, 0.6) is 0 Å². The molecule has 1 atom stereocenters. The predicted octanol–water partition coefficient (Wildman–Crippen LogP) is -0.0145. The molecule has 0 aromatic rings. The minimum Gasteiger partial charge on any atom is -0.352 e. The van der Waals surface area contributed by atoms with Crippen LogP contribution in [0.1, 0.15) is 33.1 Å². The van der Waals surface area contributed by atoms with Gasteiger partial charge in [0.15, 0.2) is 0 Å². The summed E-state index contributed by atoms with van der Waals surface area (Å²) in [6, 6.07) is -0.244. The van der Waals surface area contributed by atoms with E-state index in [2.05, 4.69) is 10.6 Å². The molecular weight excluding hydrogens is 222 g/mol. The first-order chi connectivity index (χ1) is 7.96. The summed E-state index contributed by atoms with van der Waals surface area (Å²) < 4.78 is 0. The Kier molecular flexibility index (Phi) is 2.81. The molecule has 0 aromatic heterocycles. The third-order valence-electron chi connectivity index (χ3n) is 3.30. The molecule has 0 bridgehead atoms. The Morgan fingerprint density at radius 2 is 2.18 bits per heavy atom. The van der Waals surface area contributed by atoms with Gasteiger partial charge in [0.2, 0.25) is 5.91 Å². The summed E-state index contributed by atoms with van der Waals surface area (Å²) >= 11 is 0. The Morgan fingerprint density at radius 3 is 2.65 bits per heavy atom. The quantitative estimate of drug-likeness (QED) is 0.677. The normalized spacial score (nSPS) is 28.2. The molecule has 94 valence electrons. The highest BCUT2D eigenvalue weighted by Crippen LogP contribution is 2.21. The lowest BCUT2D eigenvalue weighted by molar-refractivity contribution is -0.134. The second-order valence-corrected chi connectivity index (χ2v) is 4.85. The lowest BCUT2D eigenvalue weighted by Crippen LogP contribution is -2.44. The van der Waals surface area contributed by atoms with Gasteiger partial charge in [0.05, 0.1) is 0 Å². The molecule has 6 nitrogen and oxygen atoms in total. The number of nitrogens with zero attached hydrogens (tertiary/aromatic N) is 1. The minimum atomic E-state index is -0.864. The zero-order valence-electron chi connectivity index (χ0n) is 10.1. The van der Waals surface area contributed by atoms with Crippen LogP contribution in [0, 0.1) is 0 Å². The first-order valence-electron chi connectivity index (χ1n) is 5.90. The van der Waals surface area contributed by atoms with Crippen LogP contribution in [-0.4, -0.2) is 40.9 Å². The summed E-state index contributed by atoms with van der Waals surface area (Å²) in [5, 5.41) is 5.37. The van der Waals surface area contributed by atoms with E-state index in [9.17, 15) is 14.4 Å². The van der Waals surface area contributed by atoms with Gasteiger partial charge in [0.1, 0.15) is 12.1 Å². The van der Waals surface area contributed by atoms with Gasteiger partial charge in [-0.1, -0.05) is 6.92 Å². The van der Waals surface area contributed by atoms with Crippen LogP contribution >= 0.6 is 0 Å². The summed E-state index contributed by atoms with van der Waals surface area (Å²) in [6.07, 6.45) is 2.48. The van der Waals surface area contributed by atoms with Crippen molar-refractivity contribution in [1.29, 1.82) is 0 Å². The standard InChI is InChI=1S/C11H17N3O3/c1-3-11(2)9(16)14(10(17)13-11)6-8(15)12-7-4-5-7/h7H,3-6H2,1-2H3,(H,12,15)(H,13,17). The van der Waals surface area contributed by atoms with Gasteiger partial charge in [-0.25, -0.2) is 4.79 Å². The van der Waals surface area contributed by atoms with Crippen LogP contribution in [0.3, 0.4) is 0 Å². The van der Waals surface area contributed by atoms with Crippen molar-refractivity contribution in [2.45, 2.75) is 44.7 Å². The smallest absolute Gasteiger partial charge is 0.325 e. The fourth-order valence-corrected chi connectivity index (χ4v) is 1.77. The van der Waals surface area contributed by atoms with E-state index in [1.807, 2.05) is 6.92 Å². The lowest BCUT2D eigenvalue weighted by atomic mass is 9.99. The van der Waals surface area contributed by atoms with Crippen molar-refractivity contribution in [2.75, 3.05) is 6.54 Å². The highest BCUT2D eigenvalue weighted by Gasteiger charge is 2.47. The first-order valence-corrected chi connectivity index (χ1v) is 5.90. The van der Waals surface area contributed by atoms with Gasteiger partial charge >= 0.3 is 6.03 Å². The zero-order valence-corrected chi connectivity index (χ0v) is 10.1. The maximum absolute atomic E-state index is 12.0. The number of hydrogen-bond donors (Lipinski definition) is 2. The number of hydrogen-bond acceptors (Lipinski definition) is 3. The number of imide groups is 1. The van der Waals surface area contributed by atoms with Crippen molar-refractivity contribution in [3.63, 3.8) is 0 Å². The SMILES string of the molecule is CCC1(C)NC(=O)N(CC(=O)NC2CC2)C1=O. The van der Waals surface area contributed by atoms with Crippen LogP contribution < -0.4 is 10.6 Å². The Balaban J connectivity index is 1.98. The summed E-state index contributed by atoms with van der Waals surface area (Å²) in [4.78, 5) is 36.1. The molecule has 2 aliphatic rings. The molecule has 0 radical (unpaired) electrons. The van der Waals surface area contributed by atoms with Crippen LogP contribution in [0.4, 0.5) is 4.79 Å². The molecule has 0 aromatic carbocycles. The number of carbonyl (C=O) groups excluding carboxylic acids is 3. The molecule has 1 heterocycles. The fourth-order valence-electron chi connectivity index (χ4n) is 1.77. The van der Waals surface area contributed by atoms with Crippen molar-refractivity contribution in [2.24, 2.45) is 0 Å². The monoisotopic (exact) mass is 239 g/mol. The minimum absolute atomic E-state index is 0.184. The molecule has 1 aliphatic carbocycles. The molecule has 1 saturated carbocycles. The molecule has 6 heteroatoms. The average molecular weight is 239 g/mol. The molecule has 1 aliphatic heterocycles. The number of urea groups is 1. The Morgan fingerprint density at radius 1 is 1.53 bits per heavy atom. The summed E-state index contributed by atoms with van der Waals surface area (Å²) in [6.45, 7) is 3.31. The van der Waals surface area contributed by atoms with Gasteiger partial charge in [0.25, 0.3) is 5.91 Å². The van der Waals surface area contributed by atoms with Gasteiger partial charge in [0, 0.05) is 6.04 Å². The summed E-state index contributed by atoms with van der Waals surface area (Å²) in [7, 11) is 0. The van der Waals surface area contributed by atoms with E-state index in [-0.39, 0.29) is 24.4 Å². The highest BCUT2D eigenvalue weighted by atomic mass is 16.2. The van der Waals surface area contributed by atoms with E-state index in [1.165, 1.54) is 0 Å². The van der Waals surface area contributed by atoms with E-state index in [0.717, 1.165) is 17.7 Å². The molecule has 2 rings (SSSR count). The first kappa shape index (κ1) is 11.9.